The van der Waals surface area contributed by atoms with E-state index in [2.05, 4.69) is 10.0 Å². The van der Waals surface area contributed by atoms with E-state index in [1.807, 2.05) is 6.92 Å². The first-order valence-electron chi connectivity index (χ1n) is 5.34. The standard InChI is InChI=1S/C9H21N3O3S/c1-3-4-8(10)7-9(13)12-5-6-16(14,15)11-2/h8,11H,3-7,10H2,1-2H3,(H,12,13). The highest BCUT2D eigenvalue weighted by Crippen LogP contribution is 1.97. The van der Waals surface area contributed by atoms with Crippen molar-refractivity contribution in [3.8, 4) is 0 Å². The molecule has 0 fully saturated rings. The van der Waals surface area contributed by atoms with Crippen molar-refractivity contribution in [2.45, 2.75) is 32.2 Å². The molecule has 1 amide bonds. The SMILES string of the molecule is CCCC(N)CC(=O)NCCS(=O)(=O)NC. The Hall–Kier alpha value is -0.660. The highest BCUT2D eigenvalue weighted by molar-refractivity contribution is 7.89. The molecule has 0 aromatic heterocycles. The van der Waals surface area contributed by atoms with Gasteiger partial charge in [0.05, 0.1) is 5.75 Å². The summed E-state index contributed by atoms with van der Waals surface area (Å²) in [5.74, 6) is -0.314. The molecule has 1 unspecified atom stereocenters. The number of hydrogen-bond donors (Lipinski definition) is 3. The minimum atomic E-state index is -3.25. The number of carbonyl (C=O) groups excluding carboxylic acids is 1. The molecule has 0 aliphatic heterocycles. The Kier molecular flexibility index (Phi) is 7.27. The lowest BCUT2D eigenvalue weighted by atomic mass is 10.1. The highest BCUT2D eigenvalue weighted by atomic mass is 32.2. The van der Waals surface area contributed by atoms with Gasteiger partial charge in [0, 0.05) is 19.0 Å². The first-order chi connectivity index (χ1) is 7.41. The summed E-state index contributed by atoms with van der Waals surface area (Å²) in [5.41, 5.74) is 5.68. The molecule has 0 aromatic rings. The van der Waals surface area contributed by atoms with E-state index >= 15 is 0 Å². The van der Waals surface area contributed by atoms with Gasteiger partial charge < -0.3 is 11.1 Å². The normalized spacial score (nSPS) is 13.4. The second kappa shape index (κ2) is 7.59. The molecule has 0 bridgehead atoms. The average molecular weight is 251 g/mol. The smallest absolute Gasteiger partial charge is 0.221 e. The third-order valence-electron chi connectivity index (χ3n) is 2.11. The van der Waals surface area contributed by atoms with Gasteiger partial charge in [-0.15, -0.1) is 0 Å². The molecule has 4 N–H and O–H groups in total. The van der Waals surface area contributed by atoms with Gasteiger partial charge in [0.25, 0.3) is 0 Å². The number of rotatable bonds is 8. The number of nitrogens with two attached hydrogens (primary N) is 1. The minimum Gasteiger partial charge on any atom is -0.355 e. The predicted molar refractivity (Wildman–Crippen MR) is 63.4 cm³/mol. The van der Waals surface area contributed by atoms with E-state index < -0.39 is 10.0 Å². The molecule has 0 rings (SSSR count). The first kappa shape index (κ1) is 15.3. The molecule has 1 atom stereocenters. The van der Waals surface area contributed by atoms with E-state index in [0.717, 1.165) is 12.8 Å². The van der Waals surface area contributed by atoms with Gasteiger partial charge in [-0.2, -0.15) is 0 Å². The quantitative estimate of drug-likeness (QED) is 0.524. The fraction of sp³-hybridized carbons (Fsp3) is 0.889. The van der Waals surface area contributed by atoms with Gasteiger partial charge in [-0.1, -0.05) is 13.3 Å². The fourth-order valence-electron chi connectivity index (χ4n) is 1.21. The van der Waals surface area contributed by atoms with Crippen LogP contribution in [0.5, 0.6) is 0 Å². The van der Waals surface area contributed by atoms with Crippen molar-refractivity contribution in [1.29, 1.82) is 0 Å². The van der Waals surface area contributed by atoms with Crippen LogP contribution < -0.4 is 15.8 Å². The van der Waals surface area contributed by atoms with Crippen LogP contribution in [0.1, 0.15) is 26.2 Å². The van der Waals surface area contributed by atoms with Gasteiger partial charge in [-0.25, -0.2) is 13.1 Å². The van der Waals surface area contributed by atoms with Crippen molar-refractivity contribution >= 4 is 15.9 Å². The molecule has 0 spiro atoms. The molecular weight excluding hydrogens is 230 g/mol. The molecule has 6 nitrogen and oxygen atoms in total. The maximum Gasteiger partial charge on any atom is 0.221 e. The molecule has 0 aliphatic rings. The van der Waals surface area contributed by atoms with Crippen molar-refractivity contribution in [1.82, 2.24) is 10.0 Å². The van der Waals surface area contributed by atoms with E-state index in [9.17, 15) is 13.2 Å². The summed E-state index contributed by atoms with van der Waals surface area (Å²) in [6.07, 6.45) is 1.97. The van der Waals surface area contributed by atoms with Gasteiger partial charge in [0.2, 0.25) is 15.9 Å². The van der Waals surface area contributed by atoms with Crippen molar-refractivity contribution in [3.05, 3.63) is 0 Å². The van der Waals surface area contributed by atoms with Crippen LogP contribution in [0.4, 0.5) is 0 Å². The molecule has 0 aliphatic carbocycles. The van der Waals surface area contributed by atoms with Gasteiger partial charge >= 0.3 is 0 Å². The van der Waals surface area contributed by atoms with E-state index in [1.54, 1.807) is 0 Å². The van der Waals surface area contributed by atoms with Gasteiger partial charge in [0.1, 0.15) is 0 Å². The third kappa shape index (κ3) is 7.61. The summed E-state index contributed by atoms with van der Waals surface area (Å²) < 4.78 is 24.2. The summed E-state index contributed by atoms with van der Waals surface area (Å²) in [7, 11) is -1.91. The lowest BCUT2D eigenvalue weighted by Crippen LogP contribution is -2.36. The highest BCUT2D eigenvalue weighted by Gasteiger charge is 2.10. The van der Waals surface area contributed by atoms with Crippen LogP contribution in [0.3, 0.4) is 0 Å². The van der Waals surface area contributed by atoms with E-state index in [1.165, 1.54) is 7.05 Å². The molecular formula is C9H21N3O3S. The summed E-state index contributed by atoms with van der Waals surface area (Å²) in [6, 6.07) is -0.147. The number of carbonyl (C=O) groups is 1. The van der Waals surface area contributed by atoms with Crippen molar-refractivity contribution in [2.75, 3.05) is 19.3 Å². The maximum absolute atomic E-state index is 11.3. The molecule has 0 saturated heterocycles. The first-order valence-corrected chi connectivity index (χ1v) is 7.00. The largest absolute Gasteiger partial charge is 0.355 e. The van der Waals surface area contributed by atoms with Gasteiger partial charge in [-0.05, 0) is 13.5 Å². The van der Waals surface area contributed by atoms with Crippen molar-refractivity contribution < 1.29 is 13.2 Å². The topological polar surface area (TPSA) is 101 Å². The predicted octanol–water partition coefficient (Wildman–Crippen LogP) is -0.831. The van der Waals surface area contributed by atoms with E-state index in [0.29, 0.717) is 0 Å². The summed E-state index contributed by atoms with van der Waals surface area (Å²) >= 11 is 0. The zero-order chi connectivity index (χ0) is 12.6. The summed E-state index contributed by atoms with van der Waals surface area (Å²) in [5, 5.41) is 2.52. The lowest BCUT2D eigenvalue weighted by Gasteiger charge is -2.10. The van der Waals surface area contributed by atoms with Crippen LogP contribution in [-0.4, -0.2) is 39.7 Å². The number of amides is 1. The Morgan fingerprint density at radius 3 is 2.56 bits per heavy atom. The Morgan fingerprint density at radius 2 is 2.06 bits per heavy atom. The minimum absolute atomic E-state index is 0.112. The zero-order valence-electron chi connectivity index (χ0n) is 9.82. The van der Waals surface area contributed by atoms with Crippen LogP contribution in [0.15, 0.2) is 0 Å². The molecule has 16 heavy (non-hydrogen) atoms. The van der Waals surface area contributed by atoms with Crippen LogP contribution in [0.2, 0.25) is 0 Å². The van der Waals surface area contributed by atoms with E-state index in [4.69, 9.17) is 5.73 Å². The second-order valence-corrected chi connectivity index (χ2v) is 5.67. The molecule has 0 aromatic carbocycles. The van der Waals surface area contributed by atoms with Crippen molar-refractivity contribution in [2.24, 2.45) is 5.73 Å². The monoisotopic (exact) mass is 251 g/mol. The fourth-order valence-corrected chi connectivity index (χ4v) is 1.78. The van der Waals surface area contributed by atoms with Crippen LogP contribution in [0, 0.1) is 0 Å². The molecule has 0 heterocycles. The van der Waals surface area contributed by atoms with Gasteiger partial charge in [-0.3, -0.25) is 4.79 Å². The van der Waals surface area contributed by atoms with Crippen LogP contribution >= 0.6 is 0 Å². The second-order valence-electron chi connectivity index (χ2n) is 3.63. The van der Waals surface area contributed by atoms with E-state index in [-0.39, 0.29) is 30.7 Å². The van der Waals surface area contributed by atoms with Crippen LogP contribution in [0.25, 0.3) is 0 Å². The number of sulfonamides is 1. The van der Waals surface area contributed by atoms with Crippen LogP contribution in [-0.2, 0) is 14.8 Å². The molecule has 96 valence electrons. The molecule has 0 radical (unpaired) electrons. The van der Waals surface area contributed by atoms with Gasteiger partial charge in [0.15, 0.2) is 0 Å². The maximum atomic E-state index is 11.3. The average Bonchev–Trinajstić information content (AvgIpc) is 2.17. The summed E-state index contributed by atoms with van der Waals surface area (Å²) in [4.78, 5) is 11.3. The number of nitrogens with one attached hydrogen (secondary N) is 2. The summed E-state index contributed by atoms with van der Waals surface area (Å²) in [6.45, 7) is 2.11. The number of hydrogen-bond acceptors (Lipinski definition) is 4. The lowest BCUT2D eigenvalue weighted by molar-refractivity contribution is -0.121. The Morgan fingerprint density at radius 1 is 1.44 bits per heavy atom. The Labute approximate surface area is 97.0 Å². The molecule has 0 saturated carbocycles. The Bertz CT molecular complexity index is 303. The molecule has 7 heteroatoms. The Balaban J connectivity index is 3.74. The zero-order valence-corrected chi connectivity index (χ0v) is 10.6. The van der Waals surface area contributed by atoms with Crippen molar-refractivity contribution in [3.63, 3.8) is 0 Å². The third-order valence-corrected chi connectivity index (χ3v) is 3.47.